The minimum Gasteiger partial charge on any atom is -0.356 e. The molecule has 0 saturated carbocycles. The maximum atomic E-state index is 12.5. The van der Waals surface area contributed by atoms with E-state index in [4.69, 9.17) is 0 Å². The molecule has 0 aliphatic rings. The minimum atomic E-state index is -0.0927. The van der Waals surface area contributed by atoms with Crippen molar-refractivity contribution in [2.45, 2.75) is 32.7 Å². The fraction of sp³-hybridized carbons (Fsp3) is 0.286. The normalized spacial score (nSPS) is 10.7. The van der Waals surface area contributed by atoms with Crippen molar-refractivity contribution in [3.63, 3.8) is 0 Å². The lowest BCUT2D eigenvalue weighted by Crippen LogP contribution is -2.24. The molecule has 2 N–H and O–H groups in total. The second-order valence-electron chi connectivity index (χ2n) is 6.32. The molecule has 0 saturated heterocycles. The number of imidazole rings is 1. The quantitative estimate of drug-likeness (QED) is 0.603. The van der Waals surface area contributed by atoms with Crippen LogP contribution in [0.4, 0.5) is 5.69 Å². The maximum absolute atomic E-state index is 12.5. The van der Waals surface area contributed by atoms with E-state index >= 15 is 0 Å². The lowest BCUT2D eigenvalue weighted by atomic mass is 10.2. The summed E-state index contributed by atoms with van der Waals surface area (Å²) >= 11 is 0. The molecule has 27 heavy (non-hydrogen) atoms. The Kier molecular flexibility index (Phi) is 6.20. The van der Waals surface area contributed by atoms with Crippen molar-refractivity contribution in [2.24, 2.45) is 0 Å². The second-order valence-corrected chi connectivity index (χ2v) is 6.32. The van der Waals surface area contributed by atoms with Gasteiger partial charge in [0.05, 0.1) is 11.0 Å². The fourth-order valence-electron chi connectivity index (χ4n) is 2.96. The van der Waals surface area contributed by atoms with E-state index in [1.54, 1.807) is 0 Å². The summed E-state index contributed by atoms with van der Waals surface area (Å²) in [5.74, 6) is 0.806. The van der Waals surface area contributed by atoms with Crippen molar-refractivity contribution in [1.82, 2.24) is 14.9 Å². The summed E-state index contributed by atoms with van der Waals surface area (Å²) in [4.78, 5) is 28.6. The van der Waals surface area contributed by atoms with E-state index in [1.807, 2.05) is 66.1 Å². The Morgan fingerprint density at radius 1 is 1.00 bits per heavy atom. The van der Waals surface area contributed by atoms with Crippen LogP contribution in [0.15, 0.2) is 54.6 Å². The number of hydrogen-bond acceptors (Lipinski definition) is 3. The molecule has 0 fully saturated rings. The van der Waals surface area contributed by atoms with E-state index in [0.717, 1.165) is 29.0 Å². The summed E-state index contributed by atoms with van der Waals surface area (Å²) in [5.41, 5.74) is 2.58. The lowest BCUT2D eigenvalue weighted by Gasteiger charge is -2.10. The molecule has 0 bridgehead atoms. The number of aryl methyl sites for hydroxylation is 1. The van der Waals surface area contributed by atoms with Crippen LogP contribution in [0.25, 0.3) is 11.0 Å². The summed E-state index contributed by atoms with van der Waals surface area (Å²) < 4.78 is 1.95. The zero-order valence-corrected chi connectivity index (χ0v) is 15.4. The molecule has 3 rings (SSSR count). The van der Waals surface area contributed by atoms with Gasteiger partial charge in [0.1, 0.15) is 12.4 Å². The first kappa shape index (κ1) is 18.6. The Labute approximate surface area is 158 Å². The van der Waals surface area contributed by atoms with Crippen LogP contribution >= 0.6 is 0 Å². The Bertz CT molecular complexity index is 918. The van der Waals surface area contributed by atoms with E-state index < -0.39 is 0 Å². The monoisotopic (exact) mass is 364 g/mol. The minimum absolute atomic E-state index is 0.0470. The number of carbonyl (C=O) groups is 2. The van der Waals surface area contributed by atoms with Gasteiger partial charge >= 0.3 is 0 Å². The fourth-order valence-corrected chi connectivity index (χ4v) is 2.96. The molecule has 0 aliphatic heterocycles. The van der Waals surface area contributed by atoms with E-state index in [-0.39, 0.29) is 18.4 Å². The second kappa shape index (κ2) is 8.98. The molecular weight excluding hydrogens is 340 g/mol. The van der Waals surface area contributed by atoms with E-state index in [0.29, 0.717) is 19.4 Å². The summed E-state index contributed by atoms with van der Waals surface area (Å²) in [5, 5.41) is 5.79. The number of anilines is 1. The molecule has 0 radical (unpaired) electrons. The Morgan fingerprint density at radius 2 is 1.74 bits per heavy atom. The molecule has 2 aromatic carbocycles. The van der Waals surface area contributed by atoms with Gasteiger partial charge in [0.15, 0.2) is 0 Å². The zero-order valence-electron chi connectivity index (χ0n) is 15.4. The standard InChI is InChI=1S/C21H24N4O2/c1-2-20(26)22-14-8-13-19-24-17-11-6-7-12-18(17)25(19)15-21(27)23-16-9-4-3-5-10-16/h3-7,9-12H,2,8,13-15H2,1H3,(H,22,26)(H,23,27). The van der Waals surface area contributed by atoms with Crippen molar-refractivity contribution in [1.29, 1.82) is 0 Å². The zero-order chi connectivity index (χ0) is 19.1. The SMILES string of the molecule is CCC(=O)NCCCc1nc2ccccc2n1CC(=O)Nc1ccccc1. The molecule has 1 heterocycles. The molecule has 6 nitrogen and oxygen atoms in total. The predicted molar refractivity (Wildman–Crippen MR) is 106 cm³/mol. The van der Waals surface area contributed by atoms with Gasteiger partial charge in [0.25, 0.3) is 0 Å². The molecule has 0 atom stereocenters. The maximum Gasteiger partial charge on any atom is 0.244 e. The first-order valence-electron chi connectivity index (χ1n) is 9.23. The summed E-state index contributed by atoms with van der Waals surface area (Å²) in [7, 11) is 0. The summed E-state index contributed by atoms with van der Waals surface area (Å²) in [6, 6.07) is 17.2. The molecule has 1 aromatic heterocycles. The Balaban J connectivity index is 1.72. The predicted octanol–water partition coefficient (Wildman–Crippen LogP) is 3.13. The van der Waals surface area contributed by atoms with Crippen molar-refractivity contribution in [2.75, 3.05) is 11.9 Å². The third kappa shape index (κ3) is 4.94. The van der Waals surface area contributed by atoms with Gasteiger partial charge in [-0.2, -0.15) is 0 Å². The average molecular weight is 364 g/mol. The molecular formula is C21H24N4O2. The van der Waals surface area contributed by atoms with Crippen LogP contribution in [0.2, 0.25) is 0 Å². The molecule has 140 valence electrons. The van der Waals surface area contributed by atoms with Crippen molar-refractivity contribution >= 4 is 28.5 Å². The van der Waals surface area contributed by atoms with Gasteiger partial charge in [-0.15, -0.1) is 0 Å². The van der Waals surface area contributed by atoms with E-state index in [1.165, 1.54) is 0 Å². The van der Waals surface area contributed by atoms with Crippen molar-refractivity contribution in [3.05, 3.63) is 60.4 Å². The highest BCUT2D eigenvalue weighted by Crippen LogP contribution is 2.17. The first-order valence-corrected chi connectivity index (χ1v) is 9.23. The van der Waals surface area contributed by atoms with E-state index in [2.05, 4.69) is 15.6 Å². The number of hydrogen-bond donors (Lipinski definition) is 2. The first-order chi connectivity index (χ1) is 13.2. The summed E-state index contributed by atoms with van der Waals surface area (Å²) in [6.45, 7) is 2.64. The molecule has 0 unspecified atom stereocenters. The third-order valence-electron chi connectivity index (χ3n) is 4.31. The number of nitrogens with one attached hydrogen (secondary N) is 2. The highest BCUT2D eigenvalue weighted by atomic mass is 16.2. The van der Waals surface area contributed by atoms with Gasteiger partial charge < -0.3 is 15.2 Å². The number of aromatic nitrogens is 2. The van der Waals surface area contributed by atoms with Crippen molar-refractivity contribution < 1.29 is 9.59 Å². The molecule has 6 heteroatoms. The van der Waals surface area contributed by atoms with Crippen LogP contribution < -0.4 is 10.6 Å². The Morgan fingerprint density at radius 3 is 2.52 bits per heavy atom. The number of para-hydroxylation sites is 3. The number of fused-ring (bicyclic) bond motifs is 1. The van der Waals surface area contributed by atoms with Gasteiger partial charge in [-0.1, -0.05) is 37.3 Å². The largest absolute Gasteiger partial charge is 0.356 e. The topological polar surface area (TPSA) is 76.0 Å². The van der Waals surface area contributed by atoms with Crippen LogP contribution in [0, 0.1) is 0 Å². The highest BCUT2D eigenvalue weighted by Gasteiger charge is 2.13. The third-order valence-corrected chi connectivity index (χ3v) is 4.31. The molecule has 0 aliphatic carbocycles. The number of rotatable bonds is 8. The molecule has 3 aromatic rings. The summed E-state index contributed by atoms with van der Waals surface area (Å²) in [6.07, 6.45) is 1.95. The van der Waals surface area contributed by atoms with Gasteiger partial charge in [-0.25, -0.2) is 4.98 Å². The van der Waals surface area contributed by atoms with Crippen LogP contribution in [0.5, 0.6) is 0 Å². The lowest BCUT2D eigenvalue weighted by molar-refractivity contribution is -0.120. The van der Waals surface area contributed by atoms with Crippen LogP contribution in [-0.4, -0.2) is 27.9 Å². The average Bonchev–Trinajstić information content (AvgIpc) is 3.03. The highest BCUT2D eigenvalue weighted by molar-refractivity contribution is 5.91. The number of nitrogens with zero attached hydrogens (tertiary/aromatic N) is 2. The smallest absolute Gasteiger partial charge is 0.244 e. The van der Waals surface area contributed by atoms with Crippen LogP contribution in [0.3, 0.4) is 0 Å². The number of benzene rings is 2. The number of amides is 2. The van der Waals surface area contributed by atoms with E-state index in [9.17, 15) is 9.59 Å². The Hall–Kier alpha value is -3.15. The van der Waals surface area contributed by atoms with Gasteiger partial charge in [0.2, 0.25) is 11.8 Å². The van der Waals surface area contributed by atoms with Gasteiger partial charge in [-0.05, 0) is 30.7 Å². The number of carbonyl (C=O) groups excluding carboxylic acids is 2. The van der Waals surface area contributed by atoms with Gasteiger partial charge in [-0.3, -0.25) is 9.59 Å². The van der Waals surface area contributed by atoms with Crippen molar-refractivity contribution in [3.8, 4) is 0 Å². The molecule has 0 spiro atoms. The van der Waals surface area contributed by atoms with Gasteiger partial charge in [0, 0.05) is 25.1 Å². The molecule has 2 amide bonds. The van der Waals surface area contributed by atoms with Crippen LogP contribution in [0.1, 0.15) is 25.6 Å². The van der Waals surface area contributed by atoms with Crippen LogP contribution in [-0.2, 0) is 22.6 Å².